The SMILES string of the molecule is CCCN(CCC)C(=O)c1cccc(C(=O)N2CCC(CN)C2)c1.Cl. The maximum absolute atomic E-state index is 12.7. The predicted octanol–water partition coefficient (Wildman–Crippen LogP) is 2.79. The molecule has 1 aliphatic heterocycles. The lowest BCUT2D eigenvalue weighted by molar-refractivity contribution is 0.0755. The van der Waals surface area contributed by atoms with E-state index >= 15 is 0 Å². The molecule has 0 aliphatic carbocycles. The number of carbonyl (C=O) groups excluding carboxylic acids is 2. The smallest absolute Gasteiger partial charge is 0.253 e. The van der Waals surface area contributed by atoms with Crippen molar-refractivity contribution in [3.63, 3.8) is 0 Å². The van der Waals surface area contributed by atoms with Gasteiger partial charge in [-0.05, 0) is 49.9 Å². The first-order valence-electron chi connectivity index (χ1n) is 8.99. The van der Waals surface area contributed by atoms with Gasteiger partial charge in [0.05, 0.1) is 0 Å². The highest BCUT2D eigenvalue weighted by molar-refractivity contribution is 5.99. The molecule has 1 aliphatic rings. The number of hydrogen-bond donors (Lipinski definition) is 1. The van der Waals surface area contributed by atoms with E-state index < -0.39 is 0 Å². The lowest BCUT2D eigenvalue weighted by Gasteiger charge is -2.22. The van der Waals surface area contributed by atoms with Gasteiger partial charge in [-0.3, -0.25) is 9.59 Å². The van der Waals surface area contributed by atoms with Crippen LogP contribution in [0.25, 0.3) is 0 Å². The van der Waals surface area contributed by atoms with E-state index in [9.17, 15) is 9.59 Å². The van der Waals surface area contributed by atoms with Crippen molar-refractivity contribution in [3.8, 4) is 0 Å². The van der Waals surface area contributed by atoms with E-state index in [-0.39, 0.29) is 24.2 Å². The second-order valence-electron chi connectivity index (χ2n) is 6.51. The Morgan fingerprint density at radius 3 is 2.40 bits per heavy atom. The largest absolute Gasteiger partial charge is 0.339 e. The Balaban J connectivity index is 0.00000312. The van der Waals surface area contributed by atoms with Crippen LogP contribution in [0.3, 0.4) is 0 Å². The minimum absolute atomic E-state index is 0. The molecule has 1 atom stereocenters. The van der Waals surface area contributed by atoms with Crippen LogP contribution in [-0.4, -0.2) is 54.3 Å². The van der Waals surface area contributed by atoms with E-state index in [1.165, 1.54) is 0 Å². The molecule has 0 radical (unpaired) electrons. The Bertz CT molecular complexity index is 574. The first-order valence-corrected chi connectivity index (χ1v) is 8.99. The monoisotopic (exact) mass is 367 g/mol. The van der Waals surface area contributed by atoms with Crippen molar-refractivity contribution in [3.05, 3.63) is 35.4 Å². The number of nitrogens with zero attached hydrogens (tertiary/aromatic N) is 2. The number of rotatable bonds is 7. The molecule has 2 N–H and O–H groups in total. The van der Waals surface area contributed by atoms with Crippen molar-refractivity contribution in [1.82, 2.24) is 9.80 Å². The summed E-state index contributed by atoms with van der Waals surface area (Å²) in [6.07, 6.45) is 2.82. The Kier molecular flexibility index (Phi) is 8.93. The first-order chi connectivity index (χ1) is 11.6. The number of likely N-dealkylation sites (tertiary alicyclic amines) is 1. The molecule has 5 nitrogen and oxygen atoms in total. The Hall–Kier alpha value is -1.59. The van der Waals surface area contributed by atoms with Gasteiger partial charge in [0, 0.05) is 37.3 Å². The fraction of sp³-hybridized carbons (Fsp3) is 0.579. The minimum atomic E-state index is -0.00173. The highest BCUT2D eigenvalue weighted by Gasteiger charge is 2.26. The molecule has 0 spiro atoms. The van der Waals surface area contributed by atoms with Crippen molar-refractivity contribution < 1.29 is 9.59 Å². The molecule has 1 heterocycles. The lowest BCUT2D eigenvalue weighted by Crippen LogP contribution is -2.33. The molecular formula is C19H30ClN3O2. The van der Waals surface area contributed by atoms with E-state index in [4.69, 9.17) is 5.73 Å². The van der Waals surface area contributed by atoms with Crippen molar-refractivity contribution in [2.75, 3.05) is 32.7 Å². The van der Waals surface area contributed by atoms with E-state index in [2.05, 4.69) is 13.8 Å². The quantitative estimate of drug-likeness (QED) is 0.805. The first kappa shape index (κ1) is 21.5. The summed E-state index contributed by atoms with van der Waals surface area (Å²) in [6, 6.07) is 7.12. The van der Waals surface area contributed by atoms with Crippen LogP contribution in [0.5, 0.6) is 0 Å². The maximum atomic E-state index is 12.7. The van der Waals surface area contributed by atoms with Gasteiger partial charge in [-0.15, -0.1) is 12.4 Å². The standard InChI is InChI=1S/C19H29N3O2.ClH/c1-3-9-21(10-4-2)18(23)16-6-5-7-17(12-16)19(24)22-11-8-15(13-20)14-22;/h5-7,12,15H,3-4,8-11,13-14,20H2,1-2H3;1H. The number of benzene rings is 1. The molecule has 0 saturated carbocycles. The molecule has 1 aromatic carbocycles. The fourth-order valence-corrected chi connectivity index (χ4v) is 3.21. The highest BCUT2D eigenvalue weighted by atomic mass is 35.5. The van der Waals surface area contributed by atoms with Crippen LogP contribution < -0.4 is 5.73 Å². The topological polar surface area (TPSA) is 66.6 Å². The molecule has 1 saturated heterocycles. The second kappa shape index (κ2) is 10.4. The lowest BCUT2D eigenvalue weighted by atomic mass is 10.1. The third kappa shape index (κ3) is 5.44. The van der Waals surface area contributed by atoms with Crippen LogP contribution in [0.1, 0.15) is 53.8 Å². The number of hydrogen-bond acceptors (Lipinski definition) is 3. The van der Waals surface area contributed by atoms with Gasteiger partial charge in [-0.2, -0.15) is 0 Å². The Labute approximate surface area is 157 Å². The molecule has 1 fully saturated rings. The summed E-state index contributed by atoms with van der Waals surface area (Å²) in [6.45, 7) is 7.70. The molecule has 1 unspecified atom stereocenters. The summed E-state index contributed by atoms with van der Waals surface area (Å²) in [4.78, 5) is 29.1. The Morgan fingerprint density at radius 2 is 1.84 bits per heavy atom. The van der Waals surface area contributed by atoms with Gasteiger partial charge in [0.2, 0.25) is 0 Å². The zero-order valence-corrected chi connectivity index (χ0v) is 16.1. The minimum Gasteiger partial charge on any atom is -0.339 e. The van der Waals surface area contributed by atoms with Crippen molar-refractivity contribution in [2.24, 2.45) is 11.7 Å². The van der Waals surface area contributed by atoms with Gasteiger partial charge in [-0.25, -0.2) is 0 Å². The van der Waals surface area contributed by atoms with Gasteiger partial charge in [-0.1, -0.05) is 19.9 Å². The van der Waals surface area contributed by atoms with Gasteiger partial charge in [0.1, 0.15) is 0 Å². The number of amides is 2. The van der Waals surface area contributed by atoms with Gasteiger partial charge < -0.3 is 15.5 Å². The average Bonchev–Trinajstić information content (AvgIpc) is 3.09. The summed E-state index contributed by atoms with van der Waals surface area (Å²) in [5.41, 5.74) is 6.88. The van der Waals surface area contributed by atoms with E-state index in [1.807, 2.05) is 9.80 Å². The molecule has 1 aromatic rings. The fourth-order valence-electron chi connectivity index (χ4n) is 3.21. The van der Waals surface area contributed by atoms with E-state index in [1.54, 1.807) is 24.3 Å². The highest BCUT2D eigenvalue weighted by Crippen LogP contribution is 2.19. The summed E-state index contributed by atoms with van der Waals surface area (Å²) < 4.78 is 0. The molecule has 2 amide bonds. The number of nitrogens with two attached hydrogens (primary N) is 1. The zero-order valence-electron chi connectivity index (χ0n) is 15.2. The molecule has 0 bridgehead atoms. The second-order valence-corrected chi connectivity index (χ2v) is 6.51. The van der Waals surface area contributed by atoms with Crippen LogP contribution in [0.2, 0.25) is 0 Å². The maximum Gasteiger partial charge on any atom is 0.253 e. The van der Waals surface area contributed by atoms with Crippen LogP contribution in [-0.2, 0) is 0 Å². The van der Waals surface area contributed by atoms with Crippen LogP contribution in [0.15, 0.2) is 24.3 Å². The molecule has 140 valence electrons. The summed E-state index contributed by atoms with van der Waals surface area (Å²) >= 11 is 0. The van der Waals surface area contributed by atoms with Crippen molar-refractivity contribution in [2.45, 2.75) is 33.1 Å². The normalized spacial score (nSPS) is 16.4. The average molecular weight is 368 g/mol. The molecule has 25 heavy (non-hydrogen) atoms. The third-order valence-corrected chi connectivity index (χ3v) is 4.54. The molecule has 0 aromatic heterocycles. The van der Waals surface area contributed by atoms with Gasteiger partial charge >= 0.3 is 0 Å². The van der Waals surface area contributed by atoms with Crippen LogP contribution in [0, 0.1) is 5.92 Å². The molecule has 6 heteroatoms. The Morgan fingerprint density at radius 1 is 1.20 bits per heavy atom. The van der Waals surface area contributed by atoms with Crippen molar-refractivity contribution in [1.29, 1.82) is 0 Å². The van der Waals surface area contributed by atoms with E-state index in [0.29, 0.717) is 30.1 Å². The van der Waals surface area contributed by atoms with Gasteiger partial charge in [0.15, 0.2) is 0 Å². The molecular weight excluding hydrogens is 338 g/mol. The number of halogens is 1. The third-order valence-electron chi connectivity index (χ3n) is 4.54. The summed E-state index contributed by atoms with van der Waals surface area (Å²) in [5, 5.41) is 0. The van der Waals surface area contributed by atoms with E-state index in [0.717, 1.165) is 38.9 Å². The molecule has 2 rings (SSSR count). The van der Waals surface area contributed by atoms with Crippen molar-refractivity contribution >= 4 is 24.2 Å². The van der Waals surface area contributed by atoms with Crippen LogP contribution >= 0.6 is 12.4 Å². The summed E-state index contributed by atoms with van der Waals surface area (Å²) in [7, 11) is 0. The zero-order chi connectivity index (χ0) is 17.5. The number of carbonyl (C=O) groups is 2. The predicted molar refractivity (Wildman–Crippen MR) is 103 cm³/mol. The van der Waals surface area contributed by atoms with Crippen LogP contribution in [0.4, 0.5) is 0 Å². The van der Waals surface area contributed by atoms with Gasteiger partial charge in [0.25, 0.3) is 11.8 Å². The summed E-state index contributed by atoms with van der Waals surface area (Å²) in [5.74, 6) is 0.399.